The van der Waals surface area contributed by atoms with E-state index in [1.54, 1.807) is 32.9 Å². The molecule has 12 amide bonds. The van der Waals surface area contributed by atoms with Crippen molar-refractivity contribution in [2.75, 3.05) is 96.3 Å². The maximum absolute atomic E-state index is 15.6. The molecule has 32 heteroatoms. The van der Waals surface area contributed by atoms with E-state index >= 15 is 28.8 Å². The van der Waals surface area contributed by atoms with Gasteiger partial charge < -0.3 is 69.5 Å². The number of fused-ring (bicyclic) bond motifs is 3. The molecular weight excluding hydrogens is 1420 g/mol. The quantitative estimate of drug-likeness (QED) is 0.131. The summed E-state index contributed by atoms with van der Waals surface area (Å²) in [5, 5.41) is 8.65. The van der Waals surface area contributed by atoms with Gasteiger partial charge in [0, 0.05) is 89.6 Å². The molecule has 4 aliphatic carbocycles. The van der Waals surface area contributed by atoms with Crippen molar-refractivity contribution in [2.24, 2.45) is 41.4 Å². The van der Waals surface area contributed by atoms with Crippen LogP contribution in [0.25, 0.3) is 0 Å². The number of likely N-dealkylation sites (N-methyl/N-ethyl adjacent to an activating group) is 7. The number of amides is 12. The SMILES string of the molecule is CCO[C@@H]1C[C@H]2C(=O)NC3(CCC3)C(=O)N(C)[C@@H](C3CCCC3)C(=O)N(C)[C@H](C(=O)N(C)C)CC(=O)N(C)[C@@H](CC(C)C)C(=O)N[C@@H]([C@@H](C)CC)C(=O)N(C)CC(=O)N(C)C3C/C=C\CCN(C3=O)[C@@H](CC3CCC(C(F)(F)F)CC3)C(=O)N(C)CC(=O)N[C@@H](CCC3CCC(C(F)(F)F)C(OC)C3)C(=O)N2C1. The molecule has 3 aliphatic heterocycles. The lowest BCUT2D eigenvalue weighted by Gasteiger charge is -2.46. The number of rotatable bonds is 14. The van der Waals surface area contributed by atoms with Gasteiger partial charge in [0.15, 0.2) is 0 Å². The van der Waals surface area contributed by atoms with Gasteiger partial charge in [0.2, 0.25) is 70.9 Å². The first-order valence-corrected chi connectivity index (χ1v) is 38.9. The van der Waals surface area contributed by atoms with Gasteiger partial charge in [0.05, 0.1) is 43.6 Å². The monoisotopic (exact) mass is 1540 g/mol. The Labute approximate surface area is 632 Å². The molecule has 13 atom stereocenters. The number of halogens is 6. The van der Waals surface area contributed by atoms with Crippen LogP contribution in [-0.2, 0) is 67.0 Å². The van der Waals surface area contributed by atoms with Gasteiger partial charge in [0.25, 0.3) is 0 Å². The van der Waals surface area contributed by atoms with E-state index in [0.717, 1.165) is 19.6 Å². The normalized spacial score (nSPS) is 31.3. The van der Waals surface area contributed by atoms with Crippen molar-refractivity contribution in [1.29, 1.82) is 0 Å². The van der Waals surface area contributed by atoms with Crippen molar-refractivity contribution in [1.82, 2.24) is 60.0 Å². The predicted octanol–water partition coefficient (Wildman–Crippen LogP) is 6.08. The molecule has 0 aromatic carbocycles. The minimum absolute atomic E-state index is 0.0354. The molecule has 3 heterocycles. The van der Waals surface area contributed by atoms with Crippen molar-refractivity contribution in [3.8, 4) is 0 Å². The smallest absolute Gasteiger partial charge is 0.381 e. The van der Waals surface area contributed by atoms with Crippen LogP contribution in [0.2, 0.25) is 0 Å². The van der Waals surface area contributed by atoms with Crippen LogP contribution in [0.15, 0.2) is 12.2 Å². The zero-order valence-corrected chi connectivity index (χ0v) is 65.8. The first kappa shape index (κ1) is 88.1. The van der Waals surface area contributed by atoms with E-state index in [1.807, 2.05) is 13.8 Å². The van der Waals surface area contributed by atoms with E-state index in [9.17, 15) is 55.1 Å². The highest BCUT2D eigenvalue weighted by atomic mass is 19.4. The van der Waals surface area contributed by atoms with E-state index in [0.29, 0.717) is 38.5 Å². The third kappa shape index (κ3) is 21.5. The topological polar surface area (TPSA) is 289 Å². The molecule has 4 unspecified atom stereocenters. The Morgan fingerprint density at radius 2 is 1.29 bits per heavy atom. The minimum Gasteiger partial charge on any atom is -0.381 e. The summed E-state index contributed by atoms with van der Waals surface area (Å²) >= 11 is 0. The summed E-state index contributed by atoms with van der Waals surface area (Å²) < 4.78 is 96.8. The van der Waals surface area contributed by atoms with Gasteiger partial charge >= 0.3 is 12.4 Å². The summed E-state index contributed by atoms with van der Waals surface area (Å²) in [4.78, 5) is 192. The molecule has 2 bridgehead atoms. The lowest BCUT2D eigenvalue weighted by molar-refractivity contribution is -0.215. The number of ether oxygens (including phenoxy) is 2. The second-order valence-corrected chi connectivity index (χ2v) is 32.3. The molecule has 0 radical (unpaired) electrons. The maximum atomic E-state index is 15.6. The fourth-order valence-electron chi connectivity index (χ4n) is 17.2. The molecule has 6 fully saturated rings. The highest BCUT2D eigenvalue weighted by Gasteiger charge is 2.55. The van der Waals surface area contributed by atoms with E-state index < -0.39 is 204 Å². The minimum atomic E-state index is -4.56. The molecule has 2 saturated heterocycles. The second-order valence-electron chi connectivity index (χ2n) is 32.3. The molecule has 26 nitrogen and oxygen atoms in total. The van der Waals surface area contributed by atoms with Crippen LogP contribution >= 0.6 is 0 Å². The second kappa shape index (κ2) is 38.2. The number of hydrogen-bond acceptors (Lipinski definition) is 14. The summed E-state index contributed by atoms with van der Waals surface area (Å²) in [6, 6.07) is -10.9. The molecule has 108 heavy (non-hydrogen) atoms. The average molecular weight is 1540 g/mol. The number of nitrogens with zero attached hydrogens (tertiary/aromatic N) is 9. The Kier molecular flexibility index (Phi) is 31.2. The molecule has 7 rings (SSSR count). The molecular formula is C76H120F6N12O14. The summed E-state index contributed by atoms with van der Waals surface area (Å²) in [6.45, 7) is 7.33. The third-order valence-corrected chi connectivity index (χ3v) is 24.3. The summed E-state index contributed by atoms with van der Waals surface area (Å²) in [6.07, 6.45) is -5.57. The molecule has 0 aromatic rings. The number of carbonyl (C=O) groups excluding carboxylic acids is 12. The van der Waals surface area contributed by atoms with Crippen molar-refractivity contribution >= 4 is 70.9 Å². The standard InChI is InChI=1S/C76H120F6N12O14/c1-15-46(5)63-71(104)88(9)44-62(97)89(10)54-25-18-17-21-36-93(70(54)103)58(38-47-26-30-50(31-27-47)75(77,78)79)69(102)87(8)43-60(95)83-53(33-29-48-28-32-52(76(80,81)82)59(39-48)107-14)67(100)94-42-51(108-16-2)40-56(94)66(99)85-74(34-22-35-74)73(106)92(13)64(49-23-19-20-24-49)72(105)91(12)57(68(101)86(6)7)41-61(96)90(11)55(37-45(3)4)65(98)84-63/h17-18,45-59,63-64H,15-16,19-44H2,1-14H3,(H,83,95)(H,84,98)(H,85,99)/b18-17-/t46-,47?,48?,50?,51+,52?,53-,54?,55-,56-,57-,58-,59?,63-,64-/m0/s1. The van der Waals surface area contributed by atoms with Gasteiger partial charge in [-0.2, -0.15) is 26.3 Å². The molecule has 7 aliphatic rings. The zero-order valence-electron chi connectivity index (χ0n) is 65.8. The van der Waals surface area contributed by atoms with Crippen molar-refractivity contribution in [3.05, 3.63) is 12.2 Å². The number of carbonyl (C=O) groups is 12. The zero-order chi connectivity index (χ0) is 80.2. The Hall–Kier alpha value is -7.12. The van der Waals surface area contributed by atoms with Gasteiger partial charge in [-0.3, -0.25) is 57.5 Å². The number of hydrogen-bond donors (Lipinski definition) is 3. The molecule has 1 spiro atoms. The Balaban J connectivity index is 1.32. The summed E-state index contributed by atoms with van der Waals surface area (Å²) in [7, 11) is 12.3. The predicted molar refractivity (Wildman–Crippen MR) is 387 cm³/mol. The van der Waals surface area contributed by atoms with Crippen LogP contribution in [0.3, 0.4) is 0 Å². The maximum Gasteiger partial charge on any atom is 0.394 e. The van der Waals surface area contributed by atoms with Crippen LogP contribution < -0.4 is 16.0 Å². The van der Waals surface area contributed by atoms with Crippen molar-refractivity contribution in [3.63, 3.8) is 0 Å². The molecule has 0 aromatic heterocycles. The van der Waals surface area contributed by atoms with Gasteiger partial charge in [0.1, 0.15) is 53.9 Å². The first-order chi connectivity index (χ1) is 50.7. The number of nitrogens with one attached hydrogen (secondary N) is 3. The van der Waals surface area contributed by atoms with Crippen molar-refractivity contribution < 1.29 is 93.4 Å². The van der Waals surface area contributed by atoms with E-state index in [-0.39, 0.29) is 128 Å². The van der Waals surface area contributed by atoms with E-state index in [1.165, 1.54) is 88.0 Å². The van der Waals surface area contributed by atoms with Crippen molar-refractivity contribution in [2.45, 2.75) is 261 Å². The van der Waals surface area contributed by atoms with Crippen LogP contribution in [0.1, 0.15) is 182 Å². The summed E-state index contributed by atoms with van der Waals surface area (Å²) in [5.74, 6) is -14.4. The van der Waals surface area contributed by atoms with E-state index in [4.69, 9.17) is 9.47 Å². The average Bonchev–Trinajstić information content (AvgIpc) is 1.27. The fourth-order valence-corrected chi connectivity index (χ4v) is 17.2. The lowest BCUT2D eigenvalue weighted by Crippen LogP contribution is -2.68. The van der Waals surface area contributed by atoms with Gasteiger partial charge in [-0.05, 0) is 152 Å². The summed E-state index contributed by atoms with van der Waals surface area (Å²) in [5.41, 5.74) is -1.63. The first-order valence-electron chi connectivity index (χ1n) is 38.9. The van der Waals surface area contributed by atoms with E-state index in [2.05, 4.69) is 16.0 Å². The van der Waals surface area contributed by atoms with Gasteiger partial charge in [-0.15, -0.1) is 0 Å². The largest absolute Gasteiger partial charge is 0.394 e. The fraction of sp³-hybridized carbons (Fsp3) is 0.816. The lowest BCUT2D eigenvalue weighted by atomic mass is 9.74. The highest BCUT2D eigenvalue weighted by Crippen LogP contribution is 2.45. The highest BCUT2D eigenvalue weighted by molar-refractivity contribution is 6.01. The Bertz CT molecular complexity index is 3210. The number of alkyl halides is 6. The Morgan fingerprint density at radius 3 is 1.86 bits per heavy atom. The molecule has 3 N–H and O–H groups in total. The van der Waals surface area contributed by atoms with Crippen LogP contribution in [-0.4, -0.2) is 290 Å². The van der Waals surface area contributed by atoms with Crippen LogP contribution in [0.5, 0.6) is 0 Å². The van der Waals surface area contributed by atoms with Gasteiger partial charge in [-0.25, -0.2) is 0 Å². The molecule has 4 saturated carbocycles. The van der Waals surface area contributed by atoms with Crippen LogP contribution in [0, 0.1) is 41.4 Å². The Morgan fingerprint density at radius 1 is 0.648 bits per heavy atom. The van der Waals surface area contributed by atoms with Crippen LogP contribution in [0.4, 0.5) is 26.3 Å². The third-order valence-electron chi connectivity index (χ3n) is 24.3. The van der Waals surface area contributed by atoms with Gasteiger partial charge in [-0.1, -0.05) is 59.1 Å². The molecule has 610 valence electrons. The number of methoxy groups -OCH3 is 1.